The maximum Gasteiger partial charge on any atom is 0.353 e. The highest BCUT2D eigenvalue weighted by Crippen LogP contribution is 2.46. The number of carboxylic acid groups (broad SMARTS) is 1. The third-order valence-corrected chi connectivity index (χ3v) is 4.59. The maximum atomic E-state index is 11.9. The molecule has 22 heavy (non-hydrogen) atoms. The topological polar surface area (TPSA) is 179 Å². The minimum atomic E-state index is -1.10. The van der Waals surface area contributed by atoms with E-state index in [2.05, 4.69) is 4.99 Å². The van der Waals surface area contributed by atoms with Crippen LogP contribution in [0.3, 0.4) is 0 Å². The molecule has 0 saturated carbocycles. The number of amides is 1. The van der Waals surface area contributed by atoms with Gasteiger partial charge in [0.25, 0.3) is 0 Å². The van der Waals surface area contributed by atoms with Crippen molar-refractivity contribution in [3.8, 4) is 0 Å². The number of nitrogens with zero attached hydrogens (tertiary/aromatic N) is 2. The van der Waals surface area contributed by atoms with Crippen molar-refractivity contribution < 1.29 is 30.8 Å². The fourth-order valence-electron chi connectivity index (χ4n) is 2.66. The summed E-state index contributed by atoms with van der Waals surface area (Å²) in [4.78, 5) is 29.1. The van der Waals surface area contributed by atoms with Crippen LogP contribution in [0, 0.1) is 5.92 Å². The van der Waals surface area contributed by atoms with Crippen molar-refractivity contribution >= 4 is 30.0 Å². The molecule has 0 aliphatic carbocycles. The van der Waals surface area contributed by atoms with Crippen LogP contribution in [0.2, 0.25) is 0 Å². The van der Waals surface area contributed by atoms with E-state index in [1.807, 2.05) is 0 Å². The molecule has 2 heterocycles. The molecule has 9 nitrogen and oxygen atoms in total. The highest BCUT2D eigenvalue weighted by molar-refractivity contribution is 8.03. The molecule has 126 valence electrons. The van der Waals surface area contributed by atoms with Gasteiger partial charge >= 0.3 is 5.97 Å². The minimum absolute atomic E-state index is 0. The molecule has 0 aromatic heterocycles. The molecule has 2 aliphatic rings. The average molecular weight is 335 g/mol. The number of carbonyl (C=O) groups excluding carboxylic acids is 1. The second kappa shape index (κ2) is 8.13. The summed E-state index contributed by atoms with van der Waals surface area (Å²) in [6, 6.07) is -0.228. The maximum absolute atomic E-state index is 11.9. The van der Waals surface area contributed by atoms with Gasteiger partial charge in [-0.25, -0.2) is 4.79 Å². The van der Waals surface area contributed by atoms with Crippen LogP contribution in [0.25, 0.3) is 0 Å². The van der Waals surface area contributed by atoms with Gasteiger partial charge in [0.05, 0.1) is 30.9 Å². The second-order valence-electron chi connectivity index (χ2n) is 4.73. The van der Waals surface area contributed by atoms with Crippen LogP contribution in [0.4, 0.5) is 0 Å². The monoisotopic (exact) mass is 335 g/mol. The molecule has 8 N–H and O–H groups in total. The molecule has 1 fully saturated rings. The van der Waals surface area contributed by atoms with Crippen molar-refractivity contribution in [2.24, 2.45) is 16.6 Å². The van der Waals surface area contributed by atoms with Gasteiger partial charge in [0, 0.05) is 17.1 Å². The molecule has 3 unspecified atom stereocenters. The molecule has 1 amide bonds. The molecule has 0 radical (unpaired) electrons. The highest BCUT2D eigenvalue weighted by Gasteiger charge is 2.56. The lowest BCUT2D eigenvalue weighted by atomic mass is 9.83. The van der Waals surface area contributed by atoms with Gasteiger partial charge in [0.2, 0.25) is 5.91 Å². The molecular weight excluding hydrogens is 314 g/mol. The third kappa shape index (κ3) is 3.40. The lowest BCUT2D eigenvalue weighted by Gasteiger charge is -2.44. The summed E-state index contributed by atoms with van der Waals surface area (Å²) in [5.74, 6) is -1.30. The van der Waals surface area contributed by atoms with Crippen LogP contribution in [0.5, 0.6) is 0 Å². The van der Waals surface area contributed by atoms with Crippen LogP contribution >= 0.6 is 11.8 Å². The summed E-state index contributed by atoms with van der Waals surface area (Å²) in [7, 11) is 0. The number of rotatable bonds is 6. The molecule has 2 rings (SSSR count). The number of carbonyl (C=O) groups is 2. The number of thioether (sulfide) groups is 1. The zero-order valence-electron chi connectivity index (χ0n) is 12.0. The number of nitrogens with two attached hydrogens (primary N) is 1. The quantitative estimate of drug-likeness (QED) is 0.218. The van der Waals surface area contributed by atoms with Crippen LogP contribution in [0.1, 0.15) is 13.3 Å². The van der Waals surface area contributed by atoms with Crippen molar-refractivity contribution in [2.75, 3.05) is 12.3 Å². The molecule has 1 saturated heterocycles. The second-order valence-corrected chi connectivity index (χ2v) is 5.92. The van der Waals surface area contributed by atoms with Gasteiger partial charge in [-0.1, -0.05) is 0 Å². The van der Waals surface area contributed by atoms with Gasteiger partial charge in [-0.3, -0.25) is 9.79 Å². The number of aliphatic hydroxyl groups is 1. The van der Waals surface area contributed by atoms with Gasteiger partial charge in [-0.2, -0.15) is 0 Å². The van der Waals surface area contributed by atoms with E-state index >= 15 is 0 Å². The molecule has 10 heteroatoms. The zero-order valence-corrected chi connectivity index (χ0v) is 12.8. The van der Waals surface area contributed by atoms with Gasteiger partial charge in [-0.05, 0) is 6.92 Å². The van der Waals surface area contributed by atoms with E-state index in [0.29, 0.717) is 23.6 Å². The van der Waals surface area contributed by atoms with E-state index in [1.165, 1.54) is 23.0 Å². The number of β-lactam (4-membered cyclic amide) rings is 1. The predicted molar refractivity (Wildman–Crippen MR) is 82.3 cm³/mol. The SMILES string of the molecule is CC(O)C1C(=O)N2C(C(=O)O)=C(SCCN=CN)CC12.O.O. The number of aliphatic carboxylic acids is 1. The number of aliphatic hydroxyl groups excluding tert-OH is 1. The van der Waals surface area contributed by atoms with E-state index in [0.717, 1.165) is 0 Å². The molecule has 0 aromatic rings. The van der Waals surface area contributed by atoms with Crippen LogP contribution in [-0.4, -0.2) is 68.7 Å². The number of hydrogen-bond acceptors (Lipinski definition) is 5. The van der Waals surface area contributed by atoms with Crippen molar-refractivity contribution in [3.05, 3.63) is 10.6 Å². The van der Waals surface area contributed by atoms with Crippen molar-refractivity contribution in [1.82, 2.24) is 4.90 Å². The highest BCUT2D eigenvalue weighted by atomic mass is 32.2. The molecular formula is C12H21N3O6S. The van der Waals surface area contributed by atoms with E-state index in [-0.39, 0.29) is 28.6 Å². The number of aliphatic imine (C=N–C) groups is 1. The van der Waals surface area contributed by atoms with E-state index in [9.17, 15) is 19.8 Å². The minimum Gasteiger partial charge on any atom is -0.477 e. The first-order valence-electron chi connectivity index (χ1n) is 6.29. The Morgan fingerprint density at radius 3 is 2.73 bits per heavy atom. The first-order chi connectivity index (χ1) is 9.49. The van der Waals surface area contributed by atoms with Gasteiger partial charge in [0.1, 0.15) is 5.70 Å². The predicted octanol–water partition coefficient (Wildman–Crippen LogP) is -2.04. The Labute approximate surface area is 131 Å². The first kappa shape index (κ1) is 20.4. The lowest BCUT2D eigenvalue weighted by molar-refractivity contribution is -0.161. The number of fused-ring (bicyclic) bond motifs is 1. The van der Waals surface area contributed by atoms with E-state index < -0.39 is 18.0 Å². The molecule has 3 atom stereocenters. The Hall–Kier alpha value is -1.62. The van der Waals surface area contributed by atoms with Gasteiger partial charge < -0.3 is 31.8 Å². The molecule has 2 aliphatic heterocycles. The Kier molecular flexibility index (Phi) is 7.53. The van der Waals surface area contributed by atoms with Crippen molar-refractivity contribution in [2.45, 2.75) is 25.5 Å². The standard InChI is InChI=1S/C12H17N3O4S.2H2O/c1-6(16)9-7-4-8(20-3-2-14-5-13)10(12(18)19)15(7)11(9)17;;/h5-7,9,16H,2-4H2,1H3,(H2,13,14)(H,18,19);2*1H2. The average Bonchev–Trinajstić information content (AvgIpc) is 2.69. The lowest BCUT2D eigenvalue weighted by Crippen LogP contribution is -2.61. The molecule has 0 bridgehead atoms. The normalized spacial score (nSPS) is 24.5. The Bertz CT molecular complexity index is 493. The number of hydrogen-bond donors (Lipinski definition) is 3. The summed E-state index contributed by atoms with van der Waals surface area (Å²) in [5, 5.41) is 18.9. The first-order valence-corrected chi connectivity index (χ1v) is 7.28. The zero-order chi connectivity index (χ0) is 14.9. The van der Waals surface area contributed by atoms with Crippen molar-refractivity contribution in [1.29, 1.82) is 0 Å². The van der Waals surface area contributed by atoms with E-state index in [4.69, 9.17) is 5.73 Å². The summed E-state index contributed by atoms with van der Waals surface area (Å²) >= 11 is 1.38. The Balaban J connectivity index is 0.00000220. The smallest absolute Gasteiger partial charge is 0.353 e. The molecule has 0 spiro atoms. The summed E-state index contributed by atoms with van der Waals surface area (Å²) in [5.41, 5.74) is 5.19. The van der Waals surface area contributed by atoms with Gasteiger partial charge in [-0.15, -0.1) is 11.8 Å². The Morgan fingerprint density at radius 2 is 2.23 bits per heavy atom. The fourth-order valence-corrected chi connectivity index (χ4v) is 3.71. The molecule has 0 aromatic carbocycles. The largest absolute Gasteiger partial charge is 0.477 e. The Morgan fingerprint density at radius 1 is 1.59 bits per heavy atom. The van der Waals surface area contributed by atoms with Crippen LogP contribution in [-0.2, 0) is 9.59 Å². The van der Waals surface area contributed by atoms with Gasteiger partial charge in [0.15, 0.2) is 0 Å². The number of carboxylic acids is 1. The fraction of sp³-hybridized carbons (Fsp3) is 0.583. The van der Waals surface area contributed by atoms with Crippen LogP contribution in [0.15, 0.2) is 15.6 Å². The summed E-state index contributed by atoms with van der Waals surface area (Å²) in [6.07, 6.45) is 0.937. The summed E-state index contributed by atoms with van der Waals surface area (Å²) in [6.45, 7) is 2.05. The third-order valence-electron chi connectivity index (χ3n) is 3.49. The van der Waals surface area contributed by atoms with E-state index in [1.54, 1.807) is 6.92 Å². The van der Waals surface area contributed by atoms with Crippen molar-refractivity contribution in [3.63, 3.8) is 0 Å². The summed E-state index contributed by atoms with van der Waals surface area (Å²) < 4.78 is 0. The van der Waals surface area contributed by atoms with Crippen LogP contribution < -0.4 is 5.73 Å².